The van der Waals surface area contributed by atoms with Gasteiger partial charge in [0.15, 0.2) is 0 Å². The second-order valence-electron chi connectivity index (χ2n) is 5.02. The summed E-state index contributed by atoms with van der Waals surface area (Å²) in [5, 5.41) is 12.4. The van der Waals surface area contributed by atoms with Crippen LogP contribution in [0.3, 0.4) is 0 Å². The van der Waals surface area contributed by atoms with Crippen LogP contribution in [-0.2, 0) is 22.6 Å². The quantitative estimate of drug-likeness (QED) is 0.831. The van der Waals surface area contributed by atoms with Crippen molar-refractivity contribution >= 4 is 5.97 Å². The van der Waals surface area contributed by atoms with E-state index in [0.29, 0.717) is 19.6 Å². The minimum Gasteiger partial charge on any atom is -0.481 e. The molecule has 3 rings (SSSR count). The summed E-state index contributed by atoms with van der Waals surface area (Å²) >= 11 is 0. The maximum Gasteiger partial charge on any atom is 0.307 e. The van der Waals surface area contributed by atoms with E-state index in [4.69, 9.17) is 9.84 Å². The van der Waals surface area contributed by atoms with Gasteiger partial charge in [-0.05, 0) is 29.5 Å². The van der Waals surface area contributed by atoms with Crippen molar-refractivity contribution in [2.24, 2.45) is 5.92 Å². The van der Waals surface area contributed by atoms with Crippen molar-refractivity contribution in [1.82, 2.24) is 5.32 Å². The van der Waals surface area contributed by atoms with E-state index in [2.05, 4.69) is 17.4 Å². The van der Waals surface area contributed by atoms with E-state index in [1.807, 2.05) is 6.07 Å². The molecule has 2 N–H and O–H groups in total. The van der Waals surface area contributed by atoms with Gasteiger partial charge in [0.25, 0.3) is 0 Å². The number of carboxylic acid groups (broad SMARTS) is 1. The summed E-state index contributed by atoms with van der Waals surface area (Å²) in [6, 6.07) is 6.44. The van der Waals surface area contributed by atoms with E-state index in [-0.39, 0.29) is 12.0 Å². The van der Waals surface area contributed by atoms with E-state index < -0.39 is 5.97 Å². The molecule has 1 saturated heterocycles. The van der Waals surface area contributed by atoms with Crippen LogP contribution in [0, 0.1) is 5.92 Å². The van der Waals surface area contributed by atoms with Gasteiger partial charge in [0, 0.05) is 12.6 Å². The number of nitrogens with one attached hydrogen (secondary N) is 1. The van der Waals surface area contributed by atoms with Gasteiger partial charge in [0.05, 0.1) is 19.1 Å². The zero-order valence-corrected chi connectivity index (χ0v) is 10.2. The zero-order chi connectivity index (χ0) is 12.5. The number of carboxylic acids is 1. The first kappa shape index (κ1) is 11.7. The molecule has 0 amide bonds. The lowest BCUT2D eigenvalue weighted by atomic mass is 9.91. The fourth-order valence-electron chi connectivity index (χ4n) is 2.94. The van der Waals surface area contributed by atoms with Crippen molar-refractivity contribution in [1.29, 1.82) is 0 Å². The topological polar surface area (TPSA) is 58.6 Å². The Kier molecular flexibility index (Phi) is 3.06. The molecule has 0 radical (unpaired) electrons. The minimum atomic E-state index is -0.696. The highest BCUT2D eigenvalue weighted by Gasteiger charge is 2.31. The second kappa shape index (κ2) is 4.71. The molecule has 18 heavy (non-hydrogen) atoms. The predicted octanol–water partition coefficient (Wildman–Crippen LogP) is 1.49. The average Bonchev–Trinajstić information content (AvgIpc) is 2.87. The summed E-state index contributed by atoms with van der Waals surface area (Å²) in [6.07, 6.45) is 1.62. The molecule has 0 saturated carbocycles. The predicted molar refractivity (Wildman–Crippen MR) is 66.3 cm³/mol. The SMILES string of the molecule is O=C(O)C1CNC(c2cccc3c2CCOC3)C1. The van der Waals surface area contributed by atoms with Crippen molar-refractivity contribution in [3.8, 4) is 0 Å². The average molecular weight is 247 g/mol. The van der Waals surface area contributed by atoms with Crippen LogP contribution in [0.4, 0.5) is 0 Å². The fraction of sp³-hybridized carbons (Fsp3) is 0.500. The molecule has 0 aromatic heterocycles. The van der Waals surface area contributed by atoms with Gasteiger partial charge in [-0.3, -0.25) is 4.79 Å². The van der Waals surface area contributed by atoms with Gasteiger partial charge in [-0.25, -0.2) is 0 Å². The lowest BCUT2D eigenvalue weighted by Gasteiger charge is -2.23. The number of hydrogen-bond acceptors (Lipinski definition) is 3. The number of rotatable bonds is 2. The molecule has 1 fully saturated rings. The van der Waals surface area contributed by atoms with E-state index in [0.717, 1.165) is 13.0 Å². The van der Waals surface area contributed by atoms with Crippen molar-refractivity contribution < 1.29 is 14.6 Å². The Morgan fingerprint density at radius 1 is 1.44 bits per heavy atom. The van der Waals surface area contributed by atoms with Gasteiger partial charge in [0.1, 0.15) is 0 Å². The van der Waals surface area contributed by atoms with Gasteiger partial charge in [-0.2, -0.15) is 0 Å². The van der Waals surface area contributed by atoms with Crippen LogP contribution in [0.5, 0.6) is 0 Å². The highest BCUT2D eigenvalue weighted by Crippen LogP contribution is 2.32. The van der Waals surface area contributed by atoms with Crippen molar-refractivity contribution in [2.75, 3.05) is 13.2 Å². The molecule has 2 unspecified atom stereocenters. The standard InChI is InChI=1S/C14H17NO3/c16-14(17)10-6-13(15-7-10)12-3-1-2-9-8-18-5-4-11(9)12/h1-3,10,13,15H,4-8H2,(H,16,17). The second-order valence-corrected chi connectivity index (χ2v) is 5.02. The Balaban J connectivity index is 1.87. The molecule has 1 aromatic rings. The number of carbonyl (C=O) groups is 1. The first-order valence-corrected chi connectivity index (χ1v) is 6.40. The van der Waals surface area contributed by atoms with E-state index in [1.54, 1.807) is 0 Å². The maximum atomic E-state index is 11.0. The first-order chi connectivity index (χ1) is 8.75. The van der Waals surface area contributed by atoms with Gasteiger partial charge in [-0.1, -0.05) is 18.2 Å². The molecule has 0 aliphatic carbocycles. The lowest BCUT2D eigenvalue weighted by molar-refractivity contribution is -0.141. The van der Waals surface area contributed by atoms with Crippen LogP contribution in [0.1, 0.15) is 29.2 Å². The number of aliphatic carboxylic acids is 1. The molecule has 2 heterocycles. The summed E-state index contributed by atoms with van der Waals surface area (Å²) < 4.78 is 5.46. The van der Waals surface area contributed by atoms with Crippen LogP contribution in [0.15, 0.2) is 18.2 Å². The number of hydrogen-bond donors (Lipinski definition) is 2. The zero-order valence-electron chi connectivity index (χ0n) is 10.2. The molecule has 4 nitrogen and oxygen atoms in total. The summed E-state index contributed by atoms with van der Waals surface area (Å²) in [5.41, 5.74) is 3.87. The molecule has 2 aliphatic rings. The van der Waals surface area contributed by atoms with Crippen molar-refractivity contribution in [2.45, 2.75) is 25.5 Å². The molecule has 96 valence electrons. The fourth-order valence-corrected chi connectivity index (χ4v) is 2.94. The molecule has 4 heteroatoms. The highest BCUT2D eigenvalue weighted by atomic mass is 16.5. The third-order valence-corrected chi connectivity index (χ3v) is 3.92. The minimum absolute atomic E-state index is 0.180. The van der Waals surface area contributed by atoms with Crippen molar-refractivity contribution in [3.05, 3.63) is 34.9 Å². The third-order valence-electron chi connectivity index (χ3n) is 3.92. The molecule has 0 spiro atoms. The van der Waals surface area contributed by atoms with Gasteiger partial charge >= 0.3 is 5.97 Å². The first-order valence-electron chi connectivity index (χ1n) is 6.40. The number of ether oxygens (including phenoxy) is 1. The Bertz CT molecular complexity index is 472. The Morgan fingerprint density at radius 2 is 2.33 bits per heavy atom. The molecule has 0 bridgehead atoms. The molecule has 1 aromatic carbocycles. The Hall–Kier alpha value is -1.39. The number of benzene rings is 1. The molecular formula is C14H17NO3. The van der Waals surface area contributed by atoms with Gasteiger partial charge in [-0.15, -0.1) is 0 Å². The smallest absolute Gasteiger partial charge is 0.307 e. The van der Waals surface area contributed by atoms with Crippen LogP contribution >= 0.6 is 0 Å². The number of fused-ring (bicyclic) bond motifs is 1. The molecular weight excluding hydrogens is 230 g/mol. The summed E-state index contributed by atoms with van der Waals surface area (Å²) in [5.74, 6) is -0.955. The van der Waals surface area contributed by atoms with Gasteiger partial charge < -0.3 is 15.2 Å². The molecule has 2 aliphatic heterocycles. The molecule has 2 atom stereocenters. The van der Waals surface area contributed by atoms with Crippen LogP contribution in [0.2, 0.25) is 0 Å². The van der Waals surface area contributed by atoms with Gasteiger partial charge in [0.2, 0.25) is 0 Å². The summed E-state index contributed by atoms with van der Waals surface area (Å²) in [7, 11) is 0. The van der Waals surface area contributed by atoms with Crippen LogP contribution in [-0.4, -0.2) is 24.2 Å². The Labute approximate surface area is 106 Å². The van der Waals surface area contributed by atoms with Crippen LogP contribution in [0.25, 0.3) is 0 Å². The third kappa shape index (κ3) is 2.02. The normalized spacial score (nSPS) is 26.9. The summed E-state index contributed by atoms with van der Waals surface area (Å²) in [4.78, 5) is 11.0. The largest absolute Gasteiger partial charge is 0.481 e. The highest BCUT2D eigenvalue weighted by molar-refractivity contribution is 5.70. The monoisotopic (exact) mass is 247 g/mol. The van der Waals surface area contributed by atoms with Crippen molar-refractivity contribution in [3.63, 3.8) is 0 Å². The lowest BCUT2D eigenvalue weighted by Crippen LogP contribution is -2.19. The van der Waals surface area contributed by atoms with E-state index in [9.17, 15) is 4.79 Å². The van der Waals surface area contributed by atoms with E-state index >= 15 is 0 Å². The maximum absolute atomic E-state index is 11.0. The van der Waals surface area contributed by atoms with Crippen LogP contribution < -0.4 is 5.32 Å². The van der Waals surface area contributed by atoms with E-state index in [1.165, 1.54) is 16.7 Å². The summed E-state index contributed by atoms with van der Waals surface area (Å²) in [6.45, 7) is 2.01. The Morgan fingerprint density at radius 3 is 3.11 bits per heavy atom.